The largest absolute Gasteiger partial charge is 0.378 e. The number of benzene rings is 1. The van der Waals surface area contributed by atoms with Crippen LogP contribution in [-0.2, 0) is 6.54 Å². The average Bonchev–Trinajstić information content (AvgIpc) is 2.45. The molecule has 0 saturated carbocycles. The Labute approximate surface area is 129 Å². The van der Waals surface area contributed by atoms with Crippen LogP contribution < -0.4 is 5.32 Å². The monoisotopic (exact) mass is 304 g/mol. The number of carbonyl (C=O) groups is 1. The SMILES string of the molecule is Cc1nccc(CNc2cc(C(=O)N(C)C)ccc2Cl)n1. The van der Waals surface area contributed by atoms with Crippen LogP contribution in [0.4, 0.5) is 5.69 Å². The second-order valence-corrected chi connectivity index (χ2v) is 5.25. The second-order valence-electron chi connectivity index (χ2n) is 4.84. The molecule has 0 unspecified atom stereocenters. The molecule has 1 aromatic heterocycles. The fraction of sp³-hybridized carbons (Fsp3) is 0.267. The first kappa shape index (κ1) is 15.3. The van der Waals surface area contributed by atoms with Gasteiger partial charge in [-0.3, -0.25) is 4.79 Å². The molecule has 0 spiro atoms. The maximum atomic E-state index is 12.0. The first-order chi connectivity index (χ1) is 9.97. The van der Waals surface area contributed by atoms with Crippen molar-refractivity contribution in [3.8, 4) is 0 Å². The van der Waals surface area contributed by atoms with Crippen molar-refractivity contribution in [3.63, 3.8) is 0 Å². The Morgan fingerprint density at radius 3 is 2.76 bits per heavy atom. The molecule has 0 saturated heterocycles. The standard InChI is InChI=1S/C15H17ClN4O/c1-10-17-7-6-12(19-10)9-18-14-8-11(4-5-13(14)16)15(21)20(2)3/h4-8,18H,9H2,1-3H3. The first-order valence-electron chi connectivity index (χ1n) is 6.51. The zero-order valence-corrected chi connectivity index (χ0v) is 13.0. The van der Waals surface area contributed by atoms with Crippen molar-refractivity contribution in [1.29, 1.82) is 0 Å². The third-order valence-corrected chi connectivity index (χ3v) is 3.24. The highest BCUT2D eigenvalue weighted by molar-refractivity contribution is 6.33. The van der Waals surface area contributed by atoms with Gasteiger partial charge in [-0.1, -0.05) is 11.6 Å². The maximum absolute atomic E-state index is 12.0. The lowest BCUT2D eigenvalue weighted by Crippen LogP contribution is -2.21. The van der Waals surface area contributed by atoms with Crippen molar-refractivity contribution in [2.24, 2.45) is 0 Å². The molecule has 1 amide bonds. The lowest BCUT2D eigenvalue weighted by atomic mass is 10.1. The Balaban J connectivity index is 2.16. The highest BCUT2D eigenvalue weighted by Crippen LogP contribution is 2.24. The van der Waals surface area contributed by atoms with Gasteiger partial charge < -0.3 is 10.2 Å². The van der Waals surface area contributed by atoms with Crippen LogP contribution in [0.25, 0.3) is 0 Å². The smallest absolute Gasteiger partial charge is 0.253 e. The van der Waals surface area contributed by atoms with Gasteiger partial charge >= 0.3 is 0 Å². The molecule has 21 heavy (non-hydrogen) atoms. The number of halogens is 1. The lowest BCUT2D eigenvalue weighted by Gasteiger charge is -2.13. The van der Waals surface area contributed by atoms with Crippen LogP contribution in [-0.4, -0.2) is 34.9 Å². The van der Waals surface area contributed by atoms with E-state index in [-0.39, 0.29) is 5.91 Å². The molecule has 0 aliphatic carbocycles. The van der Waals surface area contributed by atoms with E-state index in [2.05, 4.69) is 15.3 Å². The molecule has 1 heterocycles. The van der Waals surface area contributed by atoms with Gasteiger partial charge in [0.1, 0.15) is 5.82 Å². The number of anilines is 1. The normalized spacial score (nSPS) is 10.3. The molecule has 0 atom stereocenters. The van der Waals surface area contributed by atoms with Crippen LogP contribution in [0.5, 0.6) is 0 Å². The van der Waals surface area contributed by atoms with Gasteiger partial charge in [0, 0.05) is 25.9 Å². The maximum Gasteiger partial charge on any atom is 0.253 e. The summed E-state index contributed by atoms with van der Waals surface area (Å²) < 4.78 is 0. The van der Waals surface area contributed by atoms with E-state index in [1.165, 1.54) is 4.90 Å². The summed E-state index contributed by atoms with van der Waals surface area (Å²) in [6.45, 7) is 2.36. The number of carbonyl (C=O) groups excluding carboxylic acids is 1. The van der Waals surface area contributed by atoms with E-state index in [0.717, 1.165) is 11.5 Å². The van der Waals surface area contributed by atoms with Gasteiger partial charge in [0.15, 0.2) is 0 Å². The Morgan fingerprint density at radius 2 is 2.10 bits per heavy atom. The van der Waals surface area contributed by atoms with Gasteiger partial charge in [-0.2, -0.15) is 0 Å². The molecule has 6 heteroatoms. The van der Waals surface area contributed by atoms with Gasteiger partial charge in [0.2, 0.25) is 0 Å². The summed E-state index contributed by atoms with van der Waals surface area (Å²) in [5.74, 6) is 0.657. The minimum Gasteiger partial charge on any atom is -0.378 e. The molecule has 0 fully saturated rings. The number of aromatic nitrogens is 2. The van der Waals surface area contributed by atoms with Crippen molar-refractivity contribution < 1.29 is 4.79 Å². The Bertz CT molecular complexity index is 658. The first-order valence-corrected chi connectivity index (χ1v) is 6.89. The van der Waals surface area contributed by atoms with Crippen LogP contribution in [0.15, 0.2) is 30.5 Å². The Hall–Kier alpha value is -2.14. The van der Waals surface area contributed by atoms with Crippen LogP contribution in [0.3, 0.4) is 0 Å². The van der Waals surface area contributed by atoms with Gasteiger partial charge in [0.25, 0.3) is 5.91 Å². The number of nitrogens with one attached hydrogen (secondary N) is 1. The molecule has 5 nitrogen and oxygen atoms in total. The predicted octanol–water partition coefficient (Wildman–Crippen LogP) is 2.75. The number of rotatable bonds is 4. The number of hydrogen-bond acceptors (Lipinski definition) is 4. The summed E-state index contributed by atoms with van der Waals surface area (Å²) in [6, 6.07) is 7.01. The van der Waals surface area contributed by atoms with Crippen LogP contribution in [0, 0.1) is 6.92 Å². The zero-order valence-electron chi connectivity index (χ0n) is 12.2. The fourth-order valence-electron chi connectivity index (χ4n) is 1.84. The molecule has 2 aromatic rings. The molecule has 1 N–H and O–H groups in total. The van der Waals surface area contributed by atoms with Gasteiger partial charge in [-0.25, -0.2) is 9.97 Å². The summed E-state index contributed by atoms with van der Waals surface area (Å²) in [7, 11) is 3.43. The van der Waals surface area contributed by atoms with E-state index < -0.39 is 0 Å². The van der Waals surface area contributed by atoms with Crippen molar-refractivity contribution >= 4 is 23.2 Å². The van der Waals surface area contributed by atoms with Crippen molar-refractivity contribution in [1.82, 2.24) is 14.9 Å². The van der Waals surface area contributed by atoms with E-state index in [4.69, 9.17) is 11.6 Å². The molecule has 110 valence electrons. The Morgan fingerprint density at radius 1 is 1.33 bits per heavy atom. The van der Waals surface area contributed by atoms with E-state index in [0.29, 0.717) is 22.8 Å². The van der Waals surface area contributed by atoms with Crippen LogP contribution in [0.1, 0.15) is 21.9 Å². The van der Waals surface area contributed by atoms with E-state index in [9.17, 15) is 4.79 Å². The predicted molar refractivity (Wildman–Crippen MR) is 83.6 cm³/mol. The minimum absolute atomic E-state index is 0.0624. The molecular weight excluding hydrogens is 288 g/mol. The zero-order chi connectivity index (χ0) is 15.4. The van der Waals surface area contributed by atoms with Gasteiger partial charge in [-0.05, 0) is 31.2 Å². The second kappa shape index (κ2) is 6.54. The lowest BCUT2D eigenvalue weighted by molar-refractivity contribution is 0.0827. The molecule has 0 aliphatic heterocycles. The summed E-state index contributed by atoms with van der Waals surface area (Å²) >= 11 is 6.16. The van der Waals surface area contributed by atoms with Gasteiger partial charge in [-0.15, -0.1) is 0 Å². The van der Waals surface area contributed by atoms with Crippen molar-refractivity contribution in [2.45, 2.75) is 13.5 Å². The van der Waals surface area contributed by atoms with Crippen molar-refractivity contribution in [2.75, 3.05) is 19.4 Å². The summed E-state index contributed by atoms with van der Waals surface area (Å²) in [5, 5.41) is 3.76. The van der Waals surface area contributed by atoms with Crippen LogP contribution >= 0.6 is 11.6 Å². The Kier molecular flexibility index (Phi) is 4.75. The fourth-order valence-corrected chi connectivity index (χ4v) is 2.03. The summed E-state index contributed by atoms with van der Waals surface area (Å²) in [6.07, 6.45) is 1.72. The van der Waals surface area contributed by atoms with Gasteiger partial charge in [0.05, 0.1) is 22.9 Å². The molecule has 2 rings (SSSR count). The number of hydrogen-bond donors (Lipinski definition) is 1. The van der Waals surface area contributed by atoms with E-state index in [1.807, 2.05) is 13.0 Å². The quantitative estimate of drug-likeness (QED) is 0.943. The number of amides is 1. The molecule has 0 radical (unpaired) electrons. The third-order valence-electron chi connectivity index (χ3n) is 2.91. The molecule has 0 aliphatic rings. The summed E-state index contributed by atoms with van der Waals surface area (Å²) in [4.78, 5) is 21.9. The molecule has 1 aromatic carbocycles. The highest BCUT2D eigenvalue weighted by atomic mass is 35.5. The number of nitrogens with zero attached hydrogens (tertiary/aromatic N) is 3. The van der Waals surface area contributed by atoms with E-state index >= 15 is 0 Å². The average molecular weight is 305 g/mol. The summed E-state index contributed by atoms with van der Waals surface area (Å²) in [5.41, 5.74) is 2.16. The minimum atomic E-state index is -0.0624. The number of aryl methyl sites for hydroxylation is 1. The van der Waals surface area contributed by atoms with Crippen molar-refractivity contribution in [3.05, 3.63) is 52.6 Å². The third kappa shape index (κ3) is 3.92. The molecular formula is C15H17ClN4O. The molecule has 0 bridgehead atoms. The van der Waals surface area contributed by atoms with E-state index in [1.54, 1.807) is 38.5 Å². The topological polar surface area (TPSA) is 58.1 Å². The highest BCUT2D eigenvalue weighted by Gasteiger charge is 2.10. The van der Waals surface area contributed by atoms with Crippen LogP contribution in [0.2, 0.25) is 5.02 Å².